The van der Waals surface area contributed by atoms with Crippen molar-refractivity contribution in [3.63, 3.8) is 0 Å². The average Bonchev–Trinajstić information content (AvgIpc) is 2.39. The molecular weight excluding hydrogens is 334 g/mol. The highest BCUT2D eigenvalue weighted by molar-refractivity contribution is 6.35. The number of rotatable bonds is 2. The molecule has 0 heterocycles. The van der Waals surface area contributed by atoms with E-state index in [0.717, 1.165) is 12.1 Å². The van der Waals surface area contributed by atoms with E-state index in [4.69, 9.17) is 23.2 Å². The summed E-state index contributed by atoms with van der Waals surface area (Å²) in [6.07, 6.45) is -8.18. The van der Waals surface area contributed by atoms with Gasteiger partial charge in [0.05, 0.1) is 5.56 Å². The topological polar surface area (TPSA) is 0 Å². The van der Waals surface area contributed by atoms with Gasteiger partial charge >= 0.3 is 6.18 Å². The first-order valence-electron chi connectivity index (χ1n) is 5.65. The van der Waals surface area contributed by atoms with E-state index < -0.39 is 23.7 Å². The SMILES string of the molecule is FC(F)c1c(-c2cc(Cl)ccc2Cl)cccc1C(F)(F)F. The molecule has 2 aromatic carbocycles. The molecular formula is C14H7Cl2F5. The monoisotopic (exact) mass is 340 g/mol. The van der Waals surface area contributed by atoms with Crippen LogP contribution in [0.2, 0.25) is 10.0 Å². The fourth-order valence-electron chi connectivity index (χ4n) is 1.99. The van der Waals surface area contributed by atoms with Crippen LogP contribution in [-0.4, -0.2) is 0 Å². The highest BCUT2D eigenvalue weighted by atomic mass is 35.5. The number of hydrogen-bond donors (Lipinski definition) is 0. The van der Waals surface area contributed by atoms with Crippen molar-refractivity contribution in [1.29, 1.82) is 0 Å². The molecule has 2 aromatic rings. The van der Waals surface area contributed by atoms with Crippen LogP contribution in [0.5, 0.6) is 0 Å². The molecule has 0 aromatic heterocycles. The minimum absolute atomic E-state index is 0.0329. The summed E-state index contributed by atoms with van der Waals surface area (Å²) in [6, 6.07) is 6.85. The molecule has 0 nitrogen and oxygen atoms in total. The quantitative estimate of drug-likeness (QED) is 0.539. The third-order valence-electron chi connectivity index (χ3n) is 2.85. The van der Waals surface area contributed by atoms with Gasteiger partial charge in [-0.2, -0.15) is 13.2 Å². The van der Waals surface area contributed by atoms with Gasteiger partial charge in [-0.15, -0.1) is 0 Å². The maximum absolute atomic E-state index is 13.2. The summed E-state index contributed by atoms with van der Waals surface area (Å²) in [4.78, 5) is 0. The van der Waals surface area contributed by atoms with E-state index >= 15 is 0 Å². The van der Waals surface area contributed by atoms with Gasteiger partial charge < -0.3 is 0 Å². The molecule has 21 heavy (non-hydrogen) atoms. The van der Waals surface area contributed by atoms with Crippen molar-refractivity contribution in [3.05, 3.63) is 57.6 Å². The third kappa shape index (κ3) is 3.30. The molecule has 0 aliphatic heterocycles. The molecule has 0 spiro atoms. The Morgan fingerprint density at radius 1 is 0.905 bits per heavy atom. The Balaban J connectivity index is 2.78. The Bertz CT molecular complexity index is 665. The van der Waals surface area contributed by atoms with Crippen LogP contribution in [-0.2, 0) is 6.18 Å². The van der Waals surface area contributed by atoms with Gasteiger partial charge in [0.25, 0.3) is 6.43 Å². The van der Waals surface area contributed by atoms with E-state index in [9.17, 15) is 22.0 Å². The van der Waals surface area contributed by atoms with Gasteiger partial charge in [-0.1, -0.05) is 35.3 Å². The second-order valence-corrected chi connectivity index (χ2v) is 5.03. The summed E-state index contributed by atoms with van der Waals surface area (Å²) in [5, 5.41) is 0.229. The molecule has 0 amide bonds. The lowest BCUT2D eigenvalue weighted by molar-refractivity contribution is -0.139. The zero-order valence-corrected chi connectivity index (χ0v) is 11.7. The fourth-order valence-corrected chi connectivity index (χ4v) is 2.38. The van der Waals surface area contributed by atoms with E-state index in [0.29, 0.717) is 6.07 Å². The molecule has 0 aliphatic rings. The molecule has 0 aliphatic carbocycles. The highest BCUT2D eigenvalue weighted by Crippen LogP contribution is 2.43. The minimum atomic E-state index is -4.88. The second kappa shape index (κ2) is 5.81. The molecule has 7 heteroatoms. The van der Waals surface area contributed by atoms with Gasteiger partial charge in [0.15, 0.2) is 0 Å². The summed E-state index contributed by atoms with van der Waals surface area (Å²) >= 11 is 11.6. The summed E-state index contributed by atoms with van der Waals surface area (Å²) in [6.45, 7) is 0. The molecule has 0 radical (unpaired) electrons. The van der Waals surface area contributed by atoms with Crippen molar-refractivity contribution < 1.29 is 22.0 Å². The summed E-state index contributed by atoms with van der Waals surface area (Å²) < 4.78 is 65.0. The third-order valence-corrected chi connectivity index (χ3v) is 3.41. The predicted octanol–water partition coefficient (Wildman–Crippen LogP) is 6.62. The van der Waals surface area contributed by atoms with Gasteiger partial charge in [0.1, 0.15) is 0 Å². The Morgan fingerprint density at radius 3 is 2.14 bits per heavy atom. The maximum atomic E-state index is 13.2. The largest absolute Gasteiger partial charge is 0.416 e. The van der Waals surface area contributed by atoms with Gasteiger partial charge in [-0.3, -0.25) is 0 Å². The van der Waals surface area contributed by atoms with Crippen LogP contribution in [0.3, 0.4) is 0 Å². The van der Waals surface area contributed by atoms with Gasteiger partial charge in [0.2, 0.25) is 0 Å². The second-order valence-electron chi connectivity index (χ2n) is 4.19. The molecule has 0 saturated carbocycles. The molecule has 0 atom stereocenters. The maximum Gasteiger partial charge on any atom is 0.416 e. The van der Waals surface area contributed by atoms with Crippen molar-refractivity contribution in [3.8, 4) is 11.1 Å². The molecule has 2 rings (SSSR count). The van der Waals surface area contributed by atoms with Crippen molar-refractivity contribution in [2.24, 2.45) is 0 Å². The standard InChI is InChI=1S/C14H7Cl2F5/c15-7-4-5-11(16)9(6-7)8-2-1-3-10(14(19,20)21)12(8)13(17)18/h1-6,13H. The normalized spacial score (nSPS) is 12.0. The van der Waals surface area contributed by atoms with Crippen molar-refractivity contribution in [2.45, 2.75) is 12.6 Å². The Labute approximate surface area is 127 Å². The smallest absolute Gasteiger partial charge is 0.205 e. The van der Waals surface area contributed by atoms with Crippen molar-refractivity contribution in [1.82, 2.24) is 0 Å². The van der Waals surface area contributed by atoms with Crippen LogP contribution in [0.1, 0.15) is 17.6 Å². The van der Waals surface area contributed by atoms with E-state index in [-0.39, 0.29) is 21.2 Å². The first-order valence-corrected chi connectivity index (χ1v) is 6.41. The Hall–Kier alpha value is -1.33. The molecule has 0 saturated heterocycles. The number of hydrogen-bond acceptors (Lipinski definition) is 0. The van der Waals surface area contributed by atoms with Crippen molar-refractivity contribution in [2.75, 3.05) is 0 Å². The van der Waals surface area contributed by atoms with Crippen LogP contribution >= 0.6 is 23.2 Å². The zero-order chi connectivity index (χ0) is 15.8. The Kier molecular flexibility index (Phi) is 4.44. The van der Waals surface area contributed by atoms with E-state index in [2.05, 4.69) is 0 Å². The molecule has 0 N–H and O–H groups in total. The van der Waals surface area contributed by atoms with Crippen LogP contribution in [0.15, 0.2) is 36.4 Å². The van der Waals surface area contributed by atoms with Gasteiger partial charge in [0, 0.05) is 21.2 Å². The first-order chi connectivity index (χ1) is 9.71. The lowest BCUT2D eigenvalue weighted by atomic mass is 9.95. The first kappa shape index (κ1) is 16.0. The van der Waals surface area contributed by atoms with Crippen molar-refractivity contribution >= 4 is 23.2 Å². The van der Waals surface area contributed by atoms with E-state index in [1.54, 1.807) is 0 Å². The van der Waals surface area contributed by atoms with Crippen LogP contribution in [0, 0.1) is 0 Å². The van der Waals surface area contributed by atoms with Gasteiger partial charge in [-0.25, -0.2) is 8.78 Å². The summed E-state index contributed by atoms with van der Waals surface area (Å²) in [5.74, 6) is 0. The van der Waals surface area contributed by atoms with Gasteiger partial charge in [-0.05, 0) is 29.8 Å². The minimum Gasteiger partial charge on any atom is -0.205 e. The zero-order valence-electron chi connectivity index (χ0n) is 10.2. The molecule has 0 unspecified atom stereocenters. The Morgan fingerprint density at radius 2 is 1.57 bits per heavy atom. The summed E-state index contributed by atoms with van der Waals surface area (Å²) in [7, 11) is 0. The van der Waals surface area contributed by atoms with Crippen LogP contribution in [0.25, 0.3) is 11.1 Å². The lowest BCUT2D eigenvalue weighted by Gasteiger charge is -2.17. The number of alkyl halides is 5. The number of halogens is 7. The predicted molar refractivity (Wildman–Crippen MR) is 71.9 cm³/mol. The summed E-state index contributed by atoms with van der Waals surface area (Å²) in [5.41, 5.74) is -2.74. The van der Waals surface area contributed by atoms with E-state index in [1.165, 1.54) is 18.2 Å². The molecule has 112 valence electrons. The fraction of sp³-hybridized carbons (Fsp3) is 0.143. The molecule has 0 bridgehead atoms. The lowest BCUT2D eigenvalue weighted by Crippen LogP contribution is -2.10. The van der Waals surface area contributed by atoms with Crippen LogP contribution in [0.4, 0.5) is 22.0 Å². The van der Waals surface area contributed by atoms with Crippen LogP contribution < -0.4 is 0 Å². The highest BCUT2D eigenvalue weighted by Gasteiger charge is 2.37. The molecule has 0 fully saturated rings. The average molecular weight is 341 g/mol. The van der Waals surface area contributed by atoms with E-state index in [1.807, 2.05) is 0 Å². The number of benzene rings is 2.